The van der Waals surface area contributed by atoms with Crippen LogP contribution in [0.3, 0.4) is 0 Å². The molecule has 0 fully saturated rings. The molecule has 3 nitrogen and oxygen atoms in total. The minimum absolute atomic E-state index is 0.302. The van der Waals surface area contributed by atoms with Gasteiger partial charge in [0.1, 0.15) is 5.75 Å². The summed E-state index contributed by atoms with van der Waals surface area (Å²) in [5, 5.41) is 3.44. The fraction of sp³-hybridized carbons (Fsp3) is 0.600. The predicted molar refractivity (Wildman–Crippen MR) is 82.5 cm³/mol. The van der Waals surface area contributed by atoms with E-state index in [-0.39, 0.29) is 0 Å². The van der Waals surface area contributed by atoms with Crippen molar-refractivity contribution < 1.29 is 9.47 Å². The number of aryl methyl sites for hydroxylation is 1. The van der Waals surface area contributed by atoms with Gasteiger partial charge in [-0.15, -0.1) is 0 Å². The molecule has 1 aromatic carbocycles. The lowest BCUT2D eigenvalue weighted by Gasteiger charge is -2.16. The van der Waals surface area contributed by atoms with Crippen LogP contribution >= 0.6 is 15.9 Å². The first-order chi connectivity index (χ1) is 9.04. The maximum atomic E-state index is 5.74. The Morgan fingerprint density at radius 2 is 2.05 bits per heavy atom. The molecule has 0 unspecified atom stereocenters. The lowest BCUT2D eigenvalue weighted by Crippen LogP contribution is -2.20. The maximum Gasteiger partial charge on any atom is 0.189 e. The van der Waals surface area contributed by atoms with Gasteiger partial charge in [-0.3, -0.25) is 0 Å². The number of halogens is 1. The molecule has 0 aromatic heterocycles. The highest BCUT2D eigenvalue weighted by Gasteiger charge is 2.09. The first-order valence-corrected chi connectivity index (χ1v) is 7.54. The molecule has 19 heavy (non-hydrogen) atoms. The second-order valence-electron chi connectivity index (χ2n) is 4.99. The minimum atomic E-state index is 0.302. The normalized spacial score (nSPS) is 11.1. The van der Waals surface area contributed by atoms with E-state index in [1.807, 2.05) is 6.92 Å². The highest BCUT2D eigenvalue weighted by Crippen LogP contribution is 2.28. The third-order valence-electron chi connectivity index (χ3n) is 2.68. The second kappa shape index (κ2) is 8.56. The van der Waals surface area contributed by atoms with Crippen molar-refractivity contribution in [3.63, 3.8) is 0 Å². The van der Waals surface area contributed by atoms with Gasteiger partial charge >= 0.3 is 0 Å². The molecule has 0 bridgehead atoms. The van der Waals surface area contributed by atoms with Crippen LogP contribution in [0, 0.1) is 12.8 Å². The molecule has 0 amide bonds. The molecule has 108 valence electrons. The fourth-order valence-electron chi connectivity index (χ4n) is 1.82. The number of rotatable bonds is 8. The molecule has 0 aliphatic heterocycles. The van der Waals surface area contributed by atoms with Crippen molar-refractivity contribution in [1.82, 2.24) is 5.32 Å². The first-order valence-electron chi connectivity index (χ1n) is 6.74. The molecule has 0 atom stereocenters. The second-order valence-corrected chi connectivity index (χ2v) is 5.91. The van der Waals surface area contributed by atoms with Crippen molar-refractivity contribution in [2.75, 3.05) is 19.9 Å². The molecule has 4 heteroatoms. The van der Waals surface area contributed by atoms with Crippen LogP contribution in [0.2, 0.25) is 0 Å². The van der Waals surface area contributed by atoms with Gasteiger partial charge in [0, 0.05) is 23.2 Å². The quantitative estimate of drug-likeness (QED) is 0.580. The van der Waals surface area contributed by atoms with Crippen molar-refractivity contribution in [3.8, 4) is 5.75 Å². The summed E-state index contributed by atoms with van der Waals surface area (Å²) in [6, 6.07) is 4.16. The molecule has 1 N–H and O–H groups in total. The van der Waals surface area contributed by atoms with Crippen LogP contribution < -0.4 is 10.1 Å². The summed E-state index contributed by atoms with van der Waals surface area (Å²) in [7, 11) is 0. The smallest absolute Gasteiger partial charge is 0.189 e. The summed E-state index contributed by atoms with van der Waals surface area (Å²) in [4.78, 5) is 0. The number of benzene rings is 1. The molecule has 0 spiro atoms. The Hall–Kier alpha value is -0.580. The van der Waals surface area contributed by atoms with E-state index in [4.69, 9.17) is 9.47 Å². The zero-order valence-electron chi connectivity index (χ0n) is 12.3. The lowest BCUT2D eigenvalue weighted by molar-refractivity contribution is 0.0213. The Kier molecular flexibility index (Phi) is 7.42. The van der Waals surface area contributed by atoms with E-state index >= 15 is 0 Å². The van der Waals surface area contributed by atoms with Gasteiger partial charge in [0.25, 0.3) is 0 Å². The molecular formula is C15H24BrNO2. The molecule has 0 aliphatic rings. The van der Waals surface area contributed by atoms with Crippen LogP contribution in [0.25, 0.3) is 0 Å². The Balaban J connectivity index is 2.74. The number of ether oxygens (including phenoxy) is 2. The molecule has 0 saturated heterocycles. The Labute approximate surface area is 124 Å². The van der Waals surface area contributed by atoms with Crippen LogP contribution in [0.4, 0.5) is 0 Å². The highest BCUT2D eigenvalue weighted by atomic mass is 79.9. The Bertz CT molecular complexity index is 394. The van der Waals surface area contributed by atoms with Gasteiger partial charge in [-0.2, -0.15) is 0 Å². The predicted octanol–water partition coefficient (Wildman–Crippen LogP) is 3.88. The topological polar surface area (TPSA) is 30.5 Å². The third kappa shape index (κ3) is 5.93. The van der Waals surface area contributed by atoms with Gasteiger partial charge in [0.15, 0.2) is 6.79 Å². The number of hydrogen-bond donors (Lipinski definition) is 1. The van der Waals surface area contributed by atoms with Gasteiger partial charge in [-0.05, 0) is 44.0 Å². The van der Waals surface area contributed by atoms with Gasteiger partial charge in [-0.25, -0.2) is 0 Å². The maximum absolute atomic E-state index is 5.74. The molecule has 0 saturated carbocycles. The van der Waals surface area contributed by atoms with Gasteiger partial charge in [0.05, 0.1) is 0 Å². The van der Waals surface area contributed by atoms with E-state index in [1.165, 1.54) is 0 Å². The summed E-state index contributed by atoms with van der Waals surface area (Å²) >= 11 is 3.54. The Morgan fingerprint density at radius 1 is 1.32 bits per heavy atom. The van der Waals surface area contributed by atoms with Crippen molar-refractivity contribution in [2.45, 2.75) is 34.2 Å². The van der Waals surface area contributed by atoms with E-state index in [9.17, 15) is 0 Å². The van der Waals surface area contributed by atoms with Gasteiger partial charge in [0.2, 0.25) is 0 Å². The number of nitrogens with one attached hydrogen (secondary N) is 1. The third-order valence-corrected chi connectivity index (χ3v) is 3.13. The monoisotopic (exact) mass is 329 g/mol. The molecule has 0 aliphatic carbocycles. The molecular weight excluding hydrogens is 306 g/mol. The fourth-order valence-corrected chi connectivity index (χ4v) is 2.44. The van der Waals surface area contributed by atoms with Crippen LogP contribution in [0.15, 0.2) is 16.6 Å². The van der Waals surface area contributed by atoms with E-state index in [0.717, 1.165) is 34.4 Å². The van der Waals surface area contributed by atoms with Crippen LogP contribution in [-0.2, 0) is 11.3 Å². The number of hydrogen-bond acceptors (Lipinski definition) is 3. The summed E-state index contributed by atoms with van der Waals surface area (Å²) in [5.41, 5.74) is 2.28. The van der Waals surface area contributed by atoms with E-state index in [0.29, 0.717) is 19.3 Å². The minimum Gasteiger partial charge on any atom is -0.467 e. The van der Waals surface area contributed by atoms with Gasteiger partial charge in [-0.1, -0.05) is 29.8 Å². The molecule has 1 rings (SSSR count). The van der Waals surface area contributed by atoms with E-state index < -0.39 is 0 Å². The van der Waals surface area contributed by atoms with Crippen molar-refractivity contribution in [1.29, 1.82) is 0 Å². The van der Waals surface area contributed by atoms with Gasteiger partial charge < -0.3 is 14.8 Å². The zero-order chi connectivity index (χ0) is 14.3. The van der Waals surface area contributed by atoms with Crippen LogP contribution in [-0.4, -0.2) is 19.9 Å². The summed E-state index contributed by atoms with van der Waals surface area (Å²) < 4.78 is 12.1. The largest absolute Gasteiger partial charge is 0.467 e. The summed E-state index contributed by atoms with van der Waals surface area (Å²) in [6.07, 6.45) is 0. The highest BCUT2D eigenvalue weighted by molar-refractivity contribution is 9.10. The molecule has 0 radical (unpaired) electrons. The van der Waals surface area contributed by atoms with Crippen LogP contribution in [0.1, 0.15) is 31.9 Å². The average molecular weight is 330 g/mol. The zero-order valence-corrected chi connectivity index (χ0v) is 13.8. The SMILES string of the molecule is CCOCOc1c(C)cc(Br)cc1CNCC(C)C. The van der Waals surface area contributed by atoms with E-state index in [1.54, 1.807) is 0 Å². The standard InChI is InChI=1S/C15H24BrNO2/c1-5-18-10-19-15-12(4)6-14(16)7-13(15)9-17-8-11(2)3/h6-7,11,17H,5,8-10H2,1-4H3. The first kappa shape index (κ1) is 16.5. The average Bonchev–Trinajstić information content (AvgIpc) is 2.32. The summed E-state index contributed by atoms with van der Waals surface area (Å²) in [5.74, 6) is 1.56. The summed E-state index contributed by atoms with van der Waals surface area (Å²) in [6.45, 7) is 11.2. The van der Waals surface area contributed by atoms with Crippen LogP contribution in [0.5, 0.6) is 5.75 Å². The van der Waals surface area contributed by atoms with E-state index in [2.05, 4.69) is 54.2 Å². The molecule has 1 aromatic rings. The Morgan fingerprint density at radius 3 is 2.68 bits per heavy atom. The molecule has 0 heterocycles. The van der Waals surface area contributed by atoms with Crippen molar-refractivity contribution >= 4 is 15.9 Å². The lowest BCUT2D eigenvalue weighted by atomic mass is 10.1. The van der Waals surface area contributed by atoms with Crippen molar-refractivity contribution in [3.05, 3.63) is 27.7 Å². The van der Waals surface area contributed by atoms with Crippen molar-refractivity contribution in [2.24, 2.45) is 5.92 Å².